The maximum absolute atomic E-state index is 12.8. The molecule has 3 atom stereocenters. The molecule has 44 heavy (non-hydrogen) atoms. The van der Waals surface area contributed by atoms with Crippen LogP contribution in [-0.4, -0.2) is 42.4 Å². The van der Waals surface area contributed by atoms with E-state index < -0.39 is 19.8 Å². The molecule has 0 bridgehead atoms. The minimum atomic E-state index is -1.49. The molecule has 2 aromatic carbocycles. The number of allylic oxidation sites excluding steroid dienone is 1. The minimum absolute atomic E-state index is 0.156. The standard InChI is InChI=1S/C31H43N4O7PS/c1-5-27(44-22(3)35(38)39)20-41-43(33-4)42-26-14-11-23(12-15-26)17-30(36)34-21(2)25-13-16-29(28(18-25)31(32)37)40-19-24-9-7-6-8-10-24/h5,11-16,18,21-22,24,33H,6-10,17,19-20H2,1-4H3,(H2,32,37)(H,34,36)/b27-5-. The van der Waals surface area contributed by atoms with Gasteiger partial charge in [0.05, 0.1) is 31.2 Å². The Bertz CT molecular complexity index is 1290. The van der Waals surface area contributed by atoms with E-state index in [2.05, 4.69) is 10.4 Å². The third-order valence-corrected chi connectivity index (χ3v) is 9.54. The third kappa shape index (κ3) is 11.4. The normalized spacial score (nSPS) is 16.0. The van der Waals surface area contributed by atoms with Crippen LogP contribution in [0, 0.1) is 16.0 Å². The van der Waals surface area contributed by atoms with Gasteiger partial charge in [0.15, 0.2) is 0 Å². The Balaban J connectivity index is 1.51. The number of benzene rings is 2. The molecule has 2 amide bonds. The molecule has 2 aromatic rings. The minimum Gasteiger partial charge on any atom is -0.492 e. The number of carbonyl (C=O) groups is 2. The SMILES string of the molecule is C/C=C(/COP(NC)Oc1ccc(CC(=O)NC(C)c2ccc(OCC3CCCCC3)c(C(N)=O)c2)cc1)SC(C)[N+](=O)[O-]. The van der Waals surface area contributed by atoms with Crippen LogP contribution in [-0.2, 0) is 15.7 Å². The molecule has 0 spiro atoms. The van der Waals surface area contributed by atoms with Crippen LogP contribution in [0.2, 0.25) is 0 Å². The molecule has 1 saturated carbocycles. The third-order valence-electron chi connectivity index (χ3n) is 7.27. The number of hydrogen-bond donors (Lipinski definition) is 3. The van der Waals surface area contributed by atoms with E-state index in [1.165, 1.54) is 26.2 Å². The summed E-state index contributed by atoms with van der Waals surface area (Å²) in [4.78, 5) is 36.3. The Hall–Kier alpha value is -3.18. The molecule has 1 fully saturated rings. The van der Waals surface area contributed by atoms with Crippen molar-refractivity contribution >= 4 is 32.1 Å². The van der Waals surface area contributed by atoms with Gasteiger partial charge < -0.3 is 24.8 Å². The van der Waals surface area contributed by atoms with Gasteiger partial charge in [-0.15, -0.1) is 0 Å². The predicted octanol–water partition coefficient (Wildman–Crippen LogP) is 6.27. The van der Waals surface area contributed by atoms with Crippen molar-refractivity contribution in [2.75, 3.05) is 20.3 Å². The zero-order chi connectivity index (χ0) is 32.1. The molecule has 0 heterocycles. The number of carbonyl (C=O) groups excluding carboxylic acids is 2. The number of rotatable bonds is 17. The smallest absolute Gasteiger partial charge is 0.318 e. The van der Waals surface area contributed by atoms with Crippen LogP contribution >= 0.6 is 20.3 Å². The molecule has 11 nitrogen and oxygen atoms in total. The van der Waals surface area contributed by atoms with Crippen LogP contribution in [0.15, 0.2) is 53.4 Å². The molecule has 3 unspecified atom stereocenters. The number of nitrogens with one attached hydrogen (secondary N) is 2. The number of ether oxygens (including phenoxy) is 1. The number of thioether (sulfide) groups is 1. The Labute approximate surface area is 264 Å². The first-order valence-corrected chi connectivity index (χ1v) is 16.8. The Kier molecular flexibility index (Phi) is 14.4. The van der Waals surface area contributed by atoms with Crippen LogP contribution in [0.5, 0.6) is 11.5 Å². The lowest BCUT2D eigenvalue weighted by Gasteiger charge is -2.22. The fourth-order valence-corrected chi connectivity index (χ4v) is 6.45. The van der Waals surface area contributed by atoms with Gasteiger partial charge in [-0.2, -0.15) is 0 Å². The number of primary amides is 1. The summed E-state index contributed by atoms with van der Waals surface area (Å²) in [6.07, 6.45) is 7.91. The second-order valence-electron chi connectivity index (χ2n) is 10.6. The van der Waals surface area contributed by atoms with Gasteiger partial charge in [0.1, 0.15) is 11.5 Å². The zero-order valence-corrected chi connectivity index (χ0v) is 27.5. The highest BCUT2D eigenvalue weighted by Gasteiger charge is 2.20. The van der Waals surface area contributed by atoms with E-state index in [-0.39, 0.29) is 29.9 Å². The molecular formula is C31H43N4O7PS. The quantitative estimate of drug-likeness (QED) is 0.0781. The Morgan fingerprint density at radius 2 is 1.86 bits per heavy atom. The van der Waals surface area contributed by atoms with E-state index in [9.17, 15) is 19.7 Å². The van der Waals surface area contributed by atoms with Gasteiger partial charge in [-0.25, -0.2) is 5.09 Å². The summed E-state index contributed by atoms with van der Waals surface area (Å²) in [5.74, 6) is 0.789. The highest BCUT2D eigenvalue weighted by molar-refractivity contribution is 8.03. The first kappa shape index (κ1) is 35.3. The molecule has 0 saturated heterocycles. The molecule has 0 aromatic heterocycles. The summed E-state index contributed by atoms with van der Waals surface area (Å²) in [5.41, 5.74) is 7.52. The Morgan fingerprint density at radius 1 is 1.16 bits per heavy atom. The van der Waals surface area contributed by atoms with E-state index in [0.29, 0.717) is 29.6 Å². The summed E-state index contributed by atoms with van der Waals surface area (Å²) >= 11 is 1.13. The van der Waals surface area contributed by atoms with Gasteiger partial charge in [0, 0.05) is 16.8 Å². The van der Waals surface area contributed by atoms with Gasteiger partial charge >= 0.3 is 8.53 Å². The number of amides is 2. The van der Waals surface area contributed by atoms with Crippen molar-refractivity contribution in [1.29, 1.82) is 0 Å². The highest BCUT2D eigenvalue weighted by Crippen LogP contribution is 2.37. The van der Waals surface area contributed by atoms with E-state index in [1.54, 1.807) is 56.4 Å². The molecule has 0 aliphatic heterocycles. The number of nitrogens with zero attached hydrogens (tertiary/aromatic N) is 1. The van der Waals surface area contributed by atoms with Crippen molar-refractivity contribution in [2.24, 2.45) is 11.7 Å². The molecule has 4 N–H and O–H groups in total. The first-order valence-electron chi connectivity index (χ1n) is 14.8. The average Bonchev–Trinajstić information content (AvgIpc) is 3.02. The van der Waals surface area contributed by atoms with Gasteiger partial charge in [0.2, 0.25) is 5.91 Å². The molecule has 1 aliphatic rings. The summed E-state index contributed by atoms with van der Waals surface area (Å²) in [7, 11) is 0.218. The second kappa shape index (κ2) is 17.9. The summed E-state index contributed by atoms with van der Waals surface area (Å²) in [5, 5.41) is 16.1. The summed E-state index contributed by atoms with van der Waals surface area (Å²) < 4.78 is 17.7. The lowest BCUT2D eigenvalue weighted by atomic mass is 9.90. The van der Waals surface area contributed by atoms with Crippen molar-refractivity contribution in [3.05, 3.63) is 80.3 Å². The fraction of sp³-hybridized carbons (Fsp3) is 0.484. The fourth-order valence-electron chi connectivity index (χ4n) is 4.73. The molecule has 13 heteroatoms. The van der Waals surface area contributed by atoms with Crippen LogP contribution < -0.4 is 25.4 Å². The van der Waals surface area contributed by atoms with Crippen molar-refractivity contribution in [1.82, 2.24) is 10.4 Å². The first-order chi connectivity index (χ1) is 21.1. The summed E-state index contributed by atoms with van der Waals surface area (Å²) in [6.45, 7) is 5.94. The van der Waals surface area contributed by atoms with E-state index in [1.807, 2.05) is 13.0 Å². The molecule has 0 radical (unpaired) electrons. The maximum atomic E-state index is 12.8. The molecule has 3 rings (SSSR count). The molecule has 240 valence electrons. The van der Waals surface area contributed by atoms with Crippen LogP contribution in [0.3, 0.4) is 0 Å². The second-order valence-corrected chi connectivity index (χ2v) is 13.5. The van der Waals surface area contributed by atoms with Crippen molar-refractivity contribution in [3.8, 4) is 11.5 Å². The molecular weight excluding hydrogens is 603 g/mol. The maximum Gasteiger partial charge on any atom is 0.318 e. The average molecular weight is 647 g/mol. The Morgan fingerprint density at radius 3 is 2.48 bits per heavy atom. The number of hydrogen-bond acceptors (Lipinski definition) is 9. The van der Waals surface area contributed by atoms with Crippen LogP contribution in [0.4, 0.5) is 0 Å². The monoisotopic (exact) mass is 646 g/mol. The van der Waals surface area contributed by atoms with Crippen LogP contribution in [0.25, 0.3) is 0 Å². The largest absolute Gasteiger partial charge is 0.492 e. The van der Waals surface area contributed by atoms with E-state index >= 15 is 0 Å². The number of nitro groups is 1. The highest BCUT2D eigenvalue weighted by atomic mass is 32.2. The predicted molar refractivity (Wildman–Crippen MR) is 174 cm³/mol. The lowest BCUT2D eigenvalue weighted by molar-refractivity contribution is -0.490. The van der Waals surface area contributed by atoms with Crippen molar-refractivity contribution < 1.29 is 28.3 Å². The lowest BCUT2D eigenvalue weighted by Crippen LogP contribution is -2.28. The van der Waals surface area contributed by atoms with E-state index in [0.717, 1.165) is 40.6 Å². The van der Waals surface area contributed by atoms with Crippen LogP contribution in [0.1, 0.15) is 80.4 Å². The van der Waals surface area contributed by atoms with Crippen molar-refractivity contribution in [3.63, 3.8) is 0 Å². The zero-order valence-electron chi connectivity index (χ0n) is 25.7. The molecule has 1 aliphatic carbocycles. The van der Waals surface area contributed by atoms with Gasteiger partial charge in [-0.05, 0) is 86.8 Å². The van der Waals surface area contributed by atoms with Gasteiger partial charge in [0.25, 0.3) is 11.3 Å². The summed E-state index contributed by atoms with van der Waals surface area (Å²) in [6, 6.07) is 12.1. The van der Waals surface area contributed by atoms with Crippen molar-refractivity contribution in [2.45, 2.75) is 70.7 Å². The van der Waals surface area contributed by atoms with Gasteiger partial charge in [-0.1, -0.05) is 43.5 Å². The van der Waals surface area contributed by atoms with Gasteiger partial charge in [-0.3, -0.25) is 19.7 Å². The number of nitrogens with two attached hydrogens (primary N) is 1. The van der Waals surface area contributed by atoms with E-state index in [4.69, 9.17) is 19.5 Å². The topological polar surface area (TPSA) is 155 Å².